The molecule has 0 spiro atoms. The smallest absolute Gasteiger partial charge is 0.138 e. The minimum absolute atomic E-state index is 0.317. The molecule has 1 aromatic rings. The van der Waals surface area contributed by atoms with Crippen LogP contribution in [0, 0.1) is 9.39 Å². The predicted octanol–water partition coefficient (Wildman–Crippen LogP) is 2.78. The fourth-order valence-corrected chi connectivity index (χ4v) is 1.50. The maximum atomic E-state index is 13.1. The normalized spacial score (nSPS) is 10.2. The van der Waals surface area contributed by atoms with Crippen LogP contribution in [-0.4, -0.2) is 13.2 Å². The first-order valence-electron chi connectivity index (χ1n) is 4.19. The number of alkyl halides is 1. The molecule has 0 aliphatic heterocycles. The third-order valence-corrected chi connectivity index (χ3v) is 2.54. The topological polar surface area (TPSA) is 38.0 Å². The first kappa shape index (κ1) is 11.5. The van der Waals surface area contributed by atoms with Gasteiger partial charge in [0.25, 0.3) is 0 Å². The summed E-state index contributed by atoms with van der Waals surface area (Å²) < 4.78 is 25.4. The average Bonchev–Trinajstić information content (AvgIpc) is 2.14. The minimum Gasteiger partial charge on any atom is -0.397 e. The molecule has 0 heterocycles. The fourth-order valence-electron chi connectivity index (χ4n) is 1.01. The molecule has 0 amide bonds. The van der Waals surface area contributed by atoms with E-state index in [4.69, 9.17) is 5.73 Å². The summed E-state index contributed by atoms with van der Waals surface area (Å²) in [6.07, 6.45) is 0.396. The Morgan fingerprint density at radius 3 is 2.79 bits per heavy atom. The molecule has 5 heteroatoms. The van der Waals surface area contributed by atoms with Crippen LogP contribution in [0.15, 0.2) is 12.1 Å². The molecule has 0 radical (unpaired) electrons. The molecule has 1 aromatic carbocycles. The third kappa shape index (κ3) is 2.97. The molecular formula is C9H11F2IN2. The number of hydrogen-bond donors (Lipinski definition) is 2. The van der Waals surface area contributed by atoms with E-state index in [1.165, 1.54) is 6.07 Å². The second-order valence-electron chi connectivity index (χ2n) is 2.82. The number of benzene rings is 1. The van der Waals surface area contributed by atoms with E-state index < -0.39 is 0 Å². The Balaban J connectivity index is 2.72. The molecule has 0 saturated carbocycles. The molecule has 0 fully saturated rings. The maximum absolute atomic E-state index is 13.1. The van der Waals surface area contributed by atoms with Gasteiger partial charge in [-0.3, -0.25) is 4.39 Å². The van der Waals surface area contributed by atoms with Crippen molar-refractivity contribution in [2.75, 3.05) is 24.3 Å². The summed E-state index contributed by atoms with van der Waals surface area (Å²) in [6.45, 7) is 0.0699. The molecule has 0 atom stereocenters. The molecule has 1 rings (SSSR count). The van der Waals surface area contributed by atoms with Gasteiger partial charge in [-0.25, -0.2) is 4.39 Å². The zero-order chi connectivity index (χ0) is 10.6. The molecule has 0 aliphatic rings. The van der Waals surface area contributed by atoms with Crippen LogP contribution in [-0.2, 0) is 0 Å². The lowest BCUT2D eigenvalue weighted by Crippen LogP contribution is -2.05. The van der Waals surface area contributed by atoms with Gasteiger partial charge >= 0.3 is 0 Å². The second-order valence-corrected chi connectivity index (χ2v) is 3.99. The summed E-state index contributed by atoms with van der Waals surface area (Å²) in [5.74, 6) is -0.317. The van der Waals surface area contributed by atoms with Gasteiger partial charge in [-0.15, -0.1) is 0 Å². The summed E-state index contributed by atoms with van der Waals surface area (Å²) in [7, 11) is 0. The lowest BCUT2D eigenvalue weighted by molar-refractivity contribution is 0.481. The van der Waals surface area contributed by atoms with E-state index in [9.17, 15) is 8.78 Å². The molecule has 0 aliphatic carbocycles. The van der Waals surface area contributed by atoms with Gasteiger partial charge in [0.15, 0.2) is 0 Å². The van der Waals surface area contributed by atoms with E-state index in [0.29, 0.717) is 27.9 Å². The molecule has 2 nitrogen and oxygen atoms in total. The van der Waals surface area contributed by atoms with Gasteiger partial charge in [-0.1, -0.05) is 0 Å². The van der Waals surface area contributed by atoms with Crippen LogP contribution in [0.25, 0.3) is 0 Å². The predicted molar refractivity (Wildman–Crippen MR) is 62.6 cm³/mol. The summed E-state index contributed by atoms with van der Waals surface area (Å²) in [5.41, 5.74) is 6.65. The SMILES string of the molecule is Nc1cc(I)c(F)cc1NCCCF. The number of nitrogens with two attached hydrogens (primary N) is 1. The number of rotatable bonds is 4. The van der Waals surface area contributed by atoms with Crippen molar-refractivity contribution in [1.82, 2.24) is 0 Å². The lowest BCUT2D eigenvalue weighted by atomic mass is 10.2. The maximum Gasteiger partial charge on any atom is 0.138 e. The Bertz CT molecular complexity index is 318. The monoisotopic (exact) mass is 312 g/mol. The highest BCUT2D eigenvalue weighted by atomic mass is 127. The van der Waals surface area contributed by atoms with Gasteiger partial charge in [-0.05, 0) is 35.1 Å². The molecule has 14 heavy (non-hydrogen) atoms. The molecule has 78 valence electrons. The van der Waals surface area contributed by atoms with Crippen molar-refractivity contribution in [2.45, 2.75) is 6.42 Å². The van der Waals surface area contributed by atoms with Crippen LogP contribution in [0.3, 0.4) is 0 Å². The summed E-state index contributed by atoms with van der Waals surface area (Å²) in [6, 6.07) is 2.88. The minimum atomic E-state index is -0.389. The zero-order valence-corrected chi connectivity index (χ0v) is 9.64. The molecule has 0 aromatic heterocycles. The standard InChI is InChI=1S/C9H11F2IN2/c10-2-1-3-14-9-4-6(11)7(12)5-8(9)13/h4-5,14H,1-3,13H2. The van der Waals surface area contributed by atoms with E-state index in [1.807, 2.05) is 22.6 Å². The van der Waals surface area contributed by atoms with Gasteiger partial charge < -0.3 is 11.1 Å². The number of hydrogen-bond acceptors (Lipinski definition) is 2. The van der Waals surface area contributed by atoms with Crippen molar-refractivity contribution >= 4 is 34.0 Å². The van der Waals surface area contributed by atoms with Crippen molar-refractivity contribution in [3.63, 3.8) is 0 Å². The van der Waals surface area contributed by atoms with Crippen LogP contribution in [0.4, 0.5) is 20.2 Å². The molecule has 0 saturated heterocycles. The Kier molecular flexibility index (Phi) is 4.37. The summed E-state index contributed by atoms with van der Waals surface area (Å²) in [4.78, 5) is 0. The zero-order valence-electron chi connectivity index (χ0n) is 7.49. The molecular weight excluding hydrogens is 301 g/mol. The number of halogens is 3. The number of anilines is 2. The fraction of sp³-hybridized carbons (Fsp3) is 0.333. The van der Waals surface area contributed by atoms with Crippen molar-refractivity contribution in [3.05, 3.63) is 21.5 Å². The third-order valence-electron chi connectivity index (χ3n) is 1.72. The van der Waals surface area contributed by atoms with Crippen molar-refractivity contribution in [3.8, 4) is 0 Å². The Morgan fingerprint density at radius 1 is 1.43 bits per heavy atom. The quantitative estimate of drug-likeness (QED) is 0.510. The van der Waals surface area contributed by atoms with Gasteiger partial charge in [0.05, 0.1) is 21.6 Å². The molecule has 0 bridgehead atoms. The lowest BCUT2D eigenvalue weighted by Gasteiger charge is -2.09. The average molecular weight is 312 g/mol. The van der Waals surface area contributed by atoms with E-state index >= 15 is 0 Å². The van der Waals surface area contributed by atoms with Crippen molar-refractivity contribution in [2.24, 2.45) is 0 Å². The highest BCUT2D eigenvalue weighted by Gasteiger charge is 2.04. The Hall–Kier alpha value is -0.590. The van der Waals surface area contributed by atoms with E-state index in [0.717, 1.165) is 0 Å². The van der Waals surface area contributed by atoms with E-state index in [1.54, 1.807) is 6.07 Å². The van der Waals surface area contributed by atoms with Crippen LogP contribution >= 0.6 is 22.6 Å². The Morgan fingerprint density at radius 2 is 2.14 bits per heavy atom. The summed E-state index contributed by atoms with van der Waals surface area (Å²) >= 11 is 1.87. The summed E-state index contributed by atoms with van der Waals surface area (Å²) in [5, 5.41) is 2.87. The van der Waals surface area contributed by atoms with E-state index in [-0.39, 0.29) is 12.5 Å². The first-order valence-corrected chi connectivity index (χ1v) is 5.27. The number of nitrogens with one attached hydrogen (secondary N) is 1. The molecule has 0 unspecified atom stereocenters. The van der Waals surface area contributed by atoms with Crippen LogP contribution in [0.5, 0.6) is 0 Å². The first-order chi connectivity index (χ1) is 6.65. The number of nitrogen functional groups attached to an aromatic ring is 1. The van der Waals surface area contributed by atoms with Gasteiger partial charge in [0, 0.05) is 12.6 Å². The Labute approximate surface area is 95.0 Å². The van der Waals surface area contributed by atoms with Crippen LogP contribution in [0.1, 0.15) is 6.42 Å². The van der Waals surface area contributed by atoms with Crippen LogP contribution < -0.4 is 11.1 Å². The molecule has 3 N–H and O–H groups in total. The van der Waals surface area contributed by atoms with Crippen LogP contribution in [0.2, 0.25) is 0 Å². The van der Waals surface area contributed by atoms with Crippen molar-refractivity contribution in [1.29, 1.82) is 0 Å². The second kappa shape index (κ2) is 5.33. The van der Waals surface area contributed by atoms with E-state index in [2.05, 4.69) is 5.32 Å². The van der Waals surface area contributed by atoms with Crippen molar-refractivity contribution < 1.29 is 8.78 Å². The van der Waals surface area contributed by atoms with Gasteiger partial charge in [0.2, 0.25) is 0 Å². The van der Waals surface area contributed by atoms with Gasteiger partial charge in [-0.2, -0.15) is 0 Å². The highest BCUT2D eigenvalue weighted by molar-refractivity contribution is 14.1. The van der Waals surface area contributed by atoms with Gasteiger partial charge in [0.1, 0.15) is 5.82 Å². The highest BCUT2D eigenvalue weighted by Crippen LogP contribution is 2.23. The largest absolute Gasteiger partial charge is 0.397 e.